The number of halogens is 1. The molecule has 0 aliphatic heterocycles. The summed E-state index contributed by atoms with van der Waals surface area (Å²) in [6.07, 6.45) is 4.35. The van der Waals surface area contributed by atoms with Crippen LogP contribution in [-0.4, -0.2) is 43.8 Å². The van der Waals surface area contributed by atoms with Crippen LogP contribution >= 0.6 is 11.6 Å². The first-order chi connectivity index (χ1) is 20.5. The third-order valence-corrected chi connectivity index (χ3v) is 10.1. The second kappa shape index (κ2) is 14.4. The molecule has 3 aromatic rings. The minimum Gasteiger partial charge on any atom is -0.352 e. The van der Waals surface area contributed by atoms with Gasteiger partial charge in [-0.3, -0.25) is 13.9 Å². The number of nitrogens with zero attached hydrogens (tertiary/aromatic N) is 2. The van der Waals surface area contributed by atoms with Gasteiger partial charge in [-0.15, -0.1) is 0 Å². The number of nitrogens with one attached hydrogen (secondary N) is 1. The summed E-state index contributed by atoms with van der Waals surface area (Å²) in [6, 6.07) is 20.3. The molecule has 0 heterocycles. The molecular formula is C34H42ClN3O4S. The van der Waals surface area contributed by atoms with Crippen LogP contribution in [0, 0.1) is 6.92 Å². The SMILES string of the molecule is CC[C@@H](C(=O)NC1CCCC1)N(Cc1ccc(Cl)cc1)C(=O)CN(c1ccc(C(C)C)cc1)S(=O)(=O)c1ccc(C)cc1. The van der Waals surface area contributed by atoms with Crippen LogP contribution in [-0.2, 0) is 26.2 Å². The second-order valence-corrected chi connectivity index (χ2v) is 13.9. The van der Waals surface area contributed by atoms with Crippen LogP contribution in [0.3, 0.4) is 0 Å². The van der Waals surface area contributed by atoms with Gasteiger partial charge in [0.1, 0.15) is 12.6 Å². The molecule has 1 aliphatic rings. The predicted molar refractivity (Wildman–Crippen MR) is 173 cm³/mol. The summed E-state index contributed by atoms with van der Waals surface area (Å²) < 4.78 is 29.3. The number of aryl methyl sites for hydroxylation is 1. The van der Waals surface area contributed by atoms with Crippen molar-refractivity contribution >= 4 is 39.1 Å². The Kier molecular flexibility index (Phi) is 10.9. The predicted octanol–water partition coefficient (Wildman–Crippen LogP) is 6.83. The molecule has 4 rings (SSSR count). The van der Waals surface area contributed by atoms with Crippen molar-refractivity contribution < 1.29 is 18.0 Å². The number of hydrogen-bond donors (Lipinski definition) is 1. The van der Waals surface area contributed by atoms with Crippen LogP contribution in [0.4, 0.5) is 5.69 Å². The normalized spacial score (nSPS) is 14.5. The van der Waals surface area contributed by atoms with Gasteiger partial charge >= 0.3 is 0 Å². The highest BCUT2D eigenvalue weighted by Crippen LogP contribution is 2.27. The fraction of sp³-hybridized carbons (Fsp3) is 0.412. The number of rotatable bonds is 12. The maximum atomic E-state index is 14.3. The van der Waals surface area contributed by atoms with Crippen LogP contribution in [0.15, 0.2) is 77.7 Å². The Hall–Kier alpha value is -3.36. The molecule has 1 fully saturated rings. The van der Waals surface area contributed by atoms with Gasteiger partial charge in [-0.1, -0.05) is 87.2 Å². The van der Waals surface area contributed by atoms with Crippen molar-refractivity contribution in [3.8, 4) is 0 Å². The van der Waals surface area contributed by atoms with Gasteiger partial charge in [-0.2, -0.15) is 0 Å². The maximum absolute atomic E-state index is 14.3. The van der Waals surface area contributed by atoms with E-state index in [2.05, 4.69) is 19.2 Å². The van der Waals surface area contributed by atoms with E-state index in [9.17, 15) is 18.0 Å². The van der Waals surface area contributed by atoms with Crippen molar-refractivity contribution in [3.05, 3.63) is 94.5 Å². The summed E-state index contributed by atoms with van der Waals surface area (Å²) in [5, 5.41) is 3.70. The molecule has 2 amide bonds. The Bertz CT molecular complexity index is 1480. The zero-order chi connectivity index (χ0) is 31.1. The molecule has 9 heteroatoms. The minimum absolute atomic E-state index is 0.0897. The van der Waals surface area contributed by atoms with E-state index in [0.717, 1.165) is 46.7 Å². The molecule has 0 bridgehead atoms. The monoisotopic (exact) mass is 623 g/mol. The van der Waals surface area contributed by atoms with E-state index in [1.54, 1.807) is 48.5 Å². The summed E-state index contributed by atoms with van der Waals surface area (Å²) in [4.78, 5) is 29.4. The topological polar surface area (TPSA) is 86.8 Å². The third kappa shape index (κ3) is 8.18. The Balaban J connectivity index is 1.72. The van der Waals surface area contributed by atoms with Crippen LogP contribution in [0.25, 0.3) is 0 Å². The molecule has 0 unspecified atom stereocenters. The highest BCUT2D eigenvalue weighted by molar-refractivity contribution is 7.92. The van der Waals surface area contributed by atoms with Gasteiger partial charge in [0.25, 0.3) is 10.0 Å². The zero-order valence-electron chi connectivity index (χ0n) is 25.4. The van der Waals surface area contributed by atoms with Gasteiger partial charge < -0.3 is 10.2 Å². The van der Waals surface area contributed by atoms with Gasteiger partial charge in [0.05, 0.1) is 10.6 Å². The second-order valence-electron chi connectivity index (χ2n) is 11.6. The molecule has 7 nitrogen and oxygen atoms in total. The fourth-order valence-corrected chi connectivity index (χ4v) is 7.01. The highest BCUT2D eigenvalue weighted by atomic mass is 35.5. The molecule has 0 aromatic heterocycles. The standard InChI is InChI=1S/C34H42ClN3O4S/c1-5-32(34(40)36-29-8-6-7-9-29)37(22-26-12-16-28(35)17-13-26)33(39)23-38(30-18-14-27(15-19-30)24(2)3)43(41,42)31-20-10-25(4)11-21-31/h10-21,24,29,32H,5-9,22-23H2,1-4H3,(H,36,40)/t32-/m0/s1. The van der Waals surface area contributed by atoms with E-state index >= 15 is 0 Å². The summed E-state index contributed by atoms with van der Waals surface area (Å²) >= 11 is 6.11. The maximum Gasteiger partial charge on any atom is 0.264 e. The Morgan fingerprint density at radius 3 is 2.09 bits per heavy atom. The third-order valence-electron chi connectivity index (χ3n) is 8.09. The average Bonchev–Trinajstić information content (AvgIpc) is 3.50. The summed E-state index contributed by atoms with van der Waals surface area (Å²) in [5.74, 6) is -0.422. The molecule has 1 N–H and O–H groups in total. The number of sulfonamides is 1. The average molecular weight is 624 g/mol. The highest BCUT2D eigenvalue weighted by Gasteiger charge is 2.34. The first-order valence-electron chi connectivity index (χ1n) is 15.0. The number of carbonyl (C=O) groups excluding carboxylic acids is 2. The molecule has 0 saturated heterocycles. The Morgan fingerprint density at radius 2 is 1.53 bits per heavy atom. The van der Waals surface area contributed by atoms with E-state index in [1.807, 2.05) is 38.1 Å². The summed E-state index contributed by atoms with van der Waals surface area (Å²) in [5.41, 5.74) is 3.16. The number of benzene rings is 3. The van der Waals surface area contributed by atoms with Gasteiger partial charge in [0.15, 0.2) is 0 Å². The summed E-state index contributed by atoms with van der Waals surface area (Å²) in [6.45, 7) is 7.56. The van der Waals surface area contributed by atoms with Gasteiger partial charge in [0.2, 0.25) is 11.8 Å². The number of hydrogen-bond acceptors (Lipinski definition) is 4. The molecule has 1 atom stereocenters. The van der Waals surface area contributed by atoms with E-state index < -0.39 is 28.5 Å². The van der Waals surface area contributed by atoms with E-state index in [0.29, 0.717) is 17.1 Å². The lowest BCUT2D eigenvalue weighted by Crippen LogP contribution is -2.53. The van der Waals surface area contributed by atoms with Crippen LogP contribution in [0.1, 0.15) is 75.5 Å². The zero-order valence-corrected chi connectivity index (χ0v) is 27.0. The van der Waals surface area contributed by atoms with E-state index in [-0.39, 0.29) is 29.3 Å². The van der Waals surface area contributed by atoms with E-state index in [4.69, 9.17) is 11.6 Å². The summed E-state index contributed by atoms with van der Waals surface area (Å²) in [7, 11) is -4.11. The molecule has 0 radical (unpaired) electrons. The first kappa shape index (κ1) is 32.6. The quantitative estimate of drug-likeness (QED) is 0.239. The van der Waals surface area contributed by atoms with Crippen molar-refractivity contribution in [1.29, 1.82) is 0 Å². The molecular weight excluding hydrogens is 582 g/mol. The molecule has 43 heavy (non-hydrogen) atoms. The van der Waals surface area contributed by atoms with Crippen LogP contribution in [0.5, 0.6) is 0 Å². The van der Waals surface area contributed by atoms with Crippen molar-refractivity contribution in [3.63, 3.8) is 0 Å². The van der Waals surface area contributed by atoms with Crippen molar-refractivity contribution in [1.82, 2.24) is 10.2 Å². The van der Waals surface area contributed by atoms with Crippen LogP contribution < -0.4 is 9.62 Å². The smallest absolute Gasteiger partial charge is 0.264 e. The van der Waals surface area contributed by atoms with Gasteiger partial charge in [-0.25, -0.2) is 8.42 Å². The van der Waals surface area contributed by atoms with Crippen molar-refractivity contribution in [2.24, 2.45) is 0 Å². The minimum atomic E-state index is -4.11. The molecule has 230 valence electrons. The fourth-order valence-electron chi connectivity index (χ4n) is 5.47. The first-order valence-corrected chi connectivity index (χ1v) is 16.8. The number of amides is 2. The Morgan fingerprint density at radius 1 is 0.930 bits per heavy atom. The van der Waals surface area contributed by atoms with Crippen molar-refractivity contribution in [2.75, 3.05) is 10.8 Å². The van der Waals surface area contributed by atoms with Crippen LogP contribution in [0.2, 0.25) is 5.02 Å². The van der Waals surface area contributed by atoms with Crippen molar-refractivity contribution in [2.45, 2.75) is 89.2 Å². The lowest BCUT2D eigenvalue weighted by molar-refractivity contribution is -0.140. The molecule has 1 saturated carbocycles. The molecule has 0 spiro atoms. The lowest BCUT2D eigenvalue weighted by atomic mass is 10.0. The van der Waals surface area contributed by atoms with Gasteiger partial charge in [-0.05, 0) is 79.6 Å². The lowest BCUT2D eigenvalue weighted by Gasteiger charge is -2.34. The number of anilines is 1. The van der Waals surface area contributed by atoms with Gasteiger partial charge in [0, 0.05) is 17.6 Å². The van der Waals surface area contributed by atoms with E-state index in [1.165, 1.54) is 4.90 Å². The number of carbonyl (C=O) groups is 2. The molecule has 1 aliphatic carbocycles. The Labute approximate surface area is 261 Å². The largest absolute Gasteiger partial charge is 0.352 e. The molecule has 3 aromatic carbocycles.